The summed E-state index contributed by atoms with van der Waals surface area (Å²) in [4.78, 5) is 17.4. The molecule has 0 aliphatic carbocycles. The van der Waals surface area contributed by atoms with Gasteiger partial charge in [0.15, 0.2) is 5.69 Å². The number of carbonyl (C=O) groups is 1. The topological polar surface area (TPSA) is 63.5 Å². The zero-order chi connectivity index (χ0) is 22.1. The highest BCUT2D eigenvalue weighted by Gasteiger charge is 2.29. The first-order chi connectivity index (χ1) is 15.6. The normalized spacial score (nSPS) is 19.1. The Morgan fingerprint density at radius 3 is 2.78 bits per heavy atom. The van der Waals surface area contributed by atoms with Gasteiger partial charge >= 0.3 is 0 Å². The lowest BCUT2D eigenvalue weighted by molar-refractivity contribution is 0.00322. The van der Waals surface area contributed by atoms with Crippen LogP contribution in [0.1, 0.15) is 39.8 Å². The smallest absolute Gasteiger partial charge is 0.276 e. The van der Waals surface area contributed by atoms with Gasteiger partial charge in [0.05, 0.1) is 30.6 Å². The maximum atomic E-state index is 13.1. The van der Waals surface area contributed by atoms with Gasteiger partial charge in [-0.2, -0.15) is 0 Å². The van der Waals surface area contributed by atoms with E-state index in [0.717, 1.165) is 37.4 Å². The number of fused-ring (bicyclic) bond motifs is 1. The fraction of sp³-hybridized carbons (Fsp3) is 0.400. The molecule has 0 saturated carbocycles. The van der Waals surface area contributed by atoms with E-state index in [-0.39, 0.29) is 11.9 Å². The Bertz CT molecular complexity index is 1110. The summed E-state index contributed by atoms with van der Waals surface area (Å²) in [6.45, 7) is 8.49. The van der Waals surface area contributed by atoms with Gasteiger partial charge in [-0.05, 0) is 43.0 Å². The molecule has 7 nitrogen and oxygen atoms in total. The van der Waals surface area contributed by atoms with Crippen molar-refractivity contribution in [3.05, 3.63) is 76.6 Å². The number of ether oxygens (including phenoxy) is 1. The molecule has 0 radical (unpaired) electrons. The number of amides is 1. The highest BCUT2D eigenvalue weighted by Crippen LogP contribution is 2.27. The number of carbonyl (C=O) groups excluding carboxylic acids is 1. The predicted molar refractivity (Wildman–Crippen MR) is 122 cm³/mol. The number of benzene rings is 2. The minimum Gasteiger partial charge on any atom is -0.377 e. The quantitative estimate of drug-likeness (QED) is 0.636. The van der Waals surface area contributed by atoms with Crippen molar-refractivity contribution in [2.24, 2.45) is 0 Å². The Labute approximate surface area is 188 Å². The number of morpholine rings is 1. The van der Waals surface area contributed by atoms with Crippen LogP contribution >= 0.6 is 0 Å². The largest absolute Gasteiger partial charge is 0.377 e. The number of aromatic nitrogens is 3. The summed E-state index contributed by atoms with van der Waals surface area (Å²) in [6, 6.07) is 17.0. The summed E-state index contributed by atoms with van der Waals surface area (Å²) in [5, 5.41) is 8.69. The van der Waals surface area contributed by atoms with Crippen LogP contribution < -0.4 is 0 Å². The van der Waals surface area contributed by atoms with Crippen LogP contribution in [0.2, 0.25) is 0 Å². The van der Waals surface area contributed by atoms with Crippen LogP contribution in [0.15, 0.2) is 48.5 Å². The molecule has 1 saturated heterocycles. The molecule has 1 fully saturated rings. The van der Waals surface area contributed by atoms with Gasteiger partial charge < -0.3 is 9.64 Å². The highest BCUT2D eigenvalue weighted by molar-refractivity contribution is 5.93. The Balaban J connectivity index is 1.39. The third-order valence-electron chi connectivity index (χ3n) is 6.52. The average Bonchev–Trinajstić information content (AvgIpc) is 3.20. The Hall–Kier alpha value is -3.03. The van der Waals surface area contributed by atoms with Crippen molar-refractivity contribution in [1.82, 2.24) is 24.8 Å². The van der Waals surface area contributed by atoms with Gasteiger partial charge in [-0.25, -0.2) is 4.68 Å². The second kappa shape index (κ2) is 8.84. The summed E-state index contributed by atoms with van der Waals surface area (Å²) < 4.78 is 7.31. The molecule has 2 aromatic carbocycles. The van der Waals surface area contributed by atoms with E-state index in [2.05, 4.69) is 63.7 Å². The Kier molecular flexibility index (Phi) is 5.76. The van der Waals surface area contributed by atoms with E-state index in [4.69, 9.17) is 4.74 Å². The van der Waals surface area contributed by atoms with Crippen molar-refractivity contribution in [2.45, 2.75) is 39.4 Å². The minimum absolute atomic E-state index is 0.0425. The van der Waals surface area contributed by atoms with Crippen LogP contribution in [-0.4, -0.2) is 63.0 Å². The van der Waals surface area contributed by atoms with Gasteiger partial charge in [-0.3, -0.25) is 9.69 Å². The predicted octanol–water partition coefficient (Wildman–Crippen LogP) is 2.99. The van der Waals surface area contributed by atoms with Gasteiger partial charge in [-0.15, -0.1) is 5.10 Å². The van der Waals surface area contributed by atoms with Gasteiger partial charge in [0.2, 0.25) is 0 Å². The molecule has 166 valence electrons. The first-order valence-electron chi connectivity index (χ1n) is 11.3. The first kappa shape index (κ1) is 20.8. The molecule has 2 aliphatic rings. The molecule has 0 bridgehead atoms. The summed E-state index contributed by atoms with van der Waals surface area (Å²) in [7, 11) is 0. The Morgan fingerprint density at radius 2 is 1.97 bits per heavy atom. The van der Waals surface area contributed by atoms with E-state index < -0.39 is 0 Å². The highest BCUT2D eigenvalue weighted by atomic mass is 16.5. The molecule has 1 aromatic heterocycles. The van der Waals surface area contributed by atoms with Crippen LogP contribution in [0.25, 0.3) is 5.69 Å². The van der Waals surface area contributed by atoms with Crippen molar-refractivity contribution in [3.8, 4) is 5.69 Å². The molecule has 32 heavy (non-hydrogen) atoms. The fourth-order valence-corrected chi connectivity index (χ4v) is 4.74. The maximum absolute atomic E-state index is 13.1. The SMILES string of the molecule is Cc1c(C(=O)N2CCOC[C@H]2C)nnn1-c1cccc2c1CCN(Cc1ccccc1)C2. The summed E-state index contributed by atoms with van der Waals surface area (Å²) in [5.41, 5.74) is 6.19. The molecular weight excluding hydrogens is 402 g/mol. The fourth-order valence-electron chi connectivity index (χ4n) is 4.74. The summed E-state index contributed by atoms with van der Waals surface area (Å²) in [5.74, 6) is -0.0663. The molecule has 7 heteroatoms. The molecular formula is C25H29N5O2. The number of rotatable bonds is 4. The van der Waals surface area contributed by atoms with Crippen molar-refractivity contribution >= 4 is 5.91 Å². The lowest BCUT2D eigenvalue weighted by Gasteiger charge is -2.32. The van der Waals surface area contributed by atoms with Crippen LogP contribution in [0, 0.1) is 6.92 Å². The lowest BCUT2D eigenvalue weighted by atomic mass is 9.97. The molecule has 5 rings (SSSR count). The van der Waals surface area contributed by atoms with Crippen LogP contribution in [0.3, 0.4) is 0 Å². The lowest BCUT2D eigenvalue weighted by Crippen LogP contribution is -2.47. The van der Waals surface area contributed by atoms with Crippen molar-refractivity contribution in [3.63, 3.8) is 0 Å². The number of nitrogens with zero attached hydrogens (tertiary/aromatic N) is 5. The summed E-state index contributed by atoms with van der Waals surface area (Å²) in [6.07, 6.45) is 0.946. The standard InChI is InChI=1S/C25H29N5O2/c1-18-17-32-14-13-29(18)25(31)24-19(2)30(27-26-24)23-10-6-9-21-16-28(12-11-22(21)23)15-20-7-4-3-5-8-20/h3-10,18H,11-17H2,1-2H3/t18-/m1/s1. The van der Waals surface area contributed by atoms with E-state index in [1.165, 1.54) is 16.7 Å². The second-order valence-corrected chi connectivity index (χ2v) is 8.72. The maximum Gasteiger partial charge on any atom is 0.276 e. The van der Waals surface area contributed by atoms with Crippen molar-refractivity contribution in [1.29, 1.82) is 0 Å². The molecule has 0 unspecified atom stereocenters. The zero-order valence-corrected chi connectivity index (χ0v) is 18.7. The van der Waals surface area contributed by atoms with Crippen LogP contribution in [-0.2, 0) is 24.2 Å². The van der Waals surface area contributed by atoms with Crippen molar-refractivity contribution in [2.75, 3.05) is 26.3 Å². The number of hydrogen-bond donors (Lipinski definition) is 0. The molecule has 1 atom stereocenters. The molecule has 1 amide bonds. The number of hydrogen-bond acceptors (Lipinski definition) is 5. The minimum atomic E-state index is -0.0663. The van der Waals surface area contributed by atoms with Gasteiger partial charge in [-0.1, -0.05) is 47.7 Å². The summed E-state index contributed by atoms with van der Waals surface area (Å²) >= 11 is 0. The van der Waals surface area contributed by atoms with Crippen LogP contribution in [0.4, 0.5) is 0 Å². The second-order valence-electron chi connectivity index (χ2n) is 8.72. The molecule has 0 N–H and O–H groups in total. The first-order valence-corrected chi connectivity index (χ1v) is 11.3. The molecule has 3 heterocycles. The molecule has 3 aromatic rings. The van der Waals surface area contributed by atoms with E-state index in [9.17, 15) is 4.79 Å². The van der Waals surface area contributed by atoms with Gasteiger partial charge in [0.25, 0.3) is 5.91 Å². The van der Waals surface area contributed by atoms with Gasteiger partial charge in [0.1, 0.15) is 0 Å². The van der Waals surface area contributed by atoms with Crippen LogP contribution in [0.5, 0.6) is 0 Å². The zero-order valence-electron chi connectivity index (χ0n) is 18.7. The third-order valence-corrected chi connectivity index (χ3v) is 6.52. The molecule has 0 spiro atoms. The molecule has 2 aliphatic heterocycles. The van der Waals surface area contributed by atoms with Crippen molar-refractivity contribution < 1.29 is 9.53 Å². The third kappa shape index (κ3) is 3.94. The monoisotopic (exact) mass is 431 g/mol. The van der Waals surface area contributed by atoms with Gasteiger partial charge in [0, 0.05) is 26.2 Å². The van der Waals surface area contributed by atoms with E-state index in [1.807, 2.05) is 23.4 Å². The average molecular weight is 432 g/mol. The van der Waals surface area contributed by atoms with E-state index in [1.54, 1.807) is 0 Å². The van der Waals surface area contributed by atoms with E-state index in [0.29, 0.717) is 25.5 Å². The van der Waals surface area contributed by atoms with E-state index >= 15 is 0 Å². The Morgan fingerprint density at radius 1 is 1.12 bits per heavy atom.